The number of rotatable bonds is 4. The van der Waals surface area contributed by atoms with Crippen LogP contribution in [-0.2, 0) is 0 Å². The first-order valence-electron chi connectivity index (χ1n) is 16.4. The Hall–Kier alpha value is -6.23. The molecule has 0 aliphatic carbocycles. The Balaban J connectivity index is 1.25. The van der Waals surface area contributed by atoms with Crippen LogP contribution in [0, 0.1) is 0 Å². The highest BCUT2D eigenvalue weighted by Gasteiger charge is 2.19. The molecule has 2 heterocycles. The lowest BCUT2D eigenvalue weighted by molar-refractivity contribution is 1.08. The lowest BCUT2D eigenvalue weighted by Crippen LogP contribution is -2.00. The van der Waals surface area contributed by atoms with Gasteiger partial charge in [-0.15, -0.1) is 11.3 Å². The third-order valence-corrected chi connectivity index (χ3v) is 10.7. The number of hydrogen-bond donors (Lipinski definition) is 0. The second kappa shape index (κ2) is 11.2. The standard InChI is InChI=1S/C45H27N3S/c1-2-13-30(14-3-1)35-19-10-20-38-41-37-18-9-8-17-36(37)39(27-40(41)49-42(35)38)45-47-43(33-23-21-28-11-4-6-15-31(28)25-33)46-44(48-45)34-24-22-29-12-5-7-16-32(29)26-34/h1-27H. The SMILES string of the molecule is c1ccc(-c2cccc3c2sc2cc(-c4nc(-c5ccc6ccccc6c5)nc(-c5ccc6ccccc6c5)n4)c4ccccc4c23)cc1. The van der Waals surface area contributed by atoms with Gasteiger partial charge in [0.05, 0.1) is 0 Å². The third-order valence-electron chi connectivity index (χ3n) is 9.48. The summed E-state index contributed by atoms with van der Waals surface area (Å²) in [6.45, 7) is 0. The Morgan fingerprint density at radius 1 is 0.347 bits per heavy atom. The van der Waals surface area contributed by atoms with Crippen LogP contribution < -0.4 is 0 Å². The van der Waals surface area contributed by atoms with Crippen LogP contribution in [0.2, 0.25) is 0 Å². The van der Waals surface area contributed by atoms with Gasteiger partial charge in [0.2, 0.25) is 0 Å². The van der Waals surface area contributed by atoms with E-state index >= 15 is 0 Å². The van der Waals surface area contributed by atoms with E-state index in [0.717, 1.165) is 32.8 Å². The number of thiophene rings is 1. The average Bonchev–Trinajstić information content (AvgIpc) is 3.56. The Morgan fingerprint density at radius 2 is 0.898 bits per heavy atom. The van der Waals surface area contributed by atoms with Crippen molar-refractivity contribution in [2.24, 2.45) is 0 Å². The van der Waals surface area contributed by atoms with Gasteiger partial charge in [0.15, 0.2) is 17.5 Å². The van der Waals surface area contributed by atoms with Crippen molar-refractivity contribution in [2.45, 2.75) is 0 Å². The van der Waals surface area contributed by atoms with E-state index in [-0.39, 0.29) is 0 Å². The van der Waals surface area contributed by atoms with Crippen molar-refractivity contribution in [1.82, 2.24) is 15.0 Å². The zero-order valence-corrected chi connectivity index (χ0v) is 27.2. The Kier molecular flexibility index (Phi) is 6.36. The highest BCUT2D eigenvalue weighted by molar-refractivity contribution is 7.26. The predicted octanol–water partition coefficient (Wildman–Crippen LogP) is 12.4. The summed E-state index contributed by atoms with van der Waals surface area (Å²) in [5.41, 5.74) is 5.40. The molecule has 228 valence electrons. The summed E-state index contributed by atoms with van der Waals surface area (Å²) in [7, 11) is 0. The second-order valence-electron chi connectivity index (χ2n) is 12.4. The number of aromatic nitrogens is 3. The smallest absolute Gasteiger partial charge is 0.164 e. The van der Waals surface area contributed by atoms with Crippen LogP contribution in [-0.4, -0.2) is 15.0 Å². The average molecular weight is 642 g/mol. The molecule has 0 spiro atoms. The van der Waals surface area contributed by atoms with Crippen molar-refractivity contribution in [1.29, 1.82) is 0 Å². The van der Waals surface area contributed by atoms with Crippen molar-refractivity contribution in [3.63, 3.8) is 0 Å². The molecule has 2 aromatic heterocycles. The highest BCUT2D eigenvalue weighted by Crippen LogP contribution is 2.45. The fourth-order valence-corrected chi connectivity index (χ4v) is 8.40. The van der Waals surface area contributed by atoms with Gasteiger partial charge in [-0.25, -0.2) is 15.0 Å². The summed E-state index contributed by atoms with van der Waals surface area (Å²) in [5.74, 6) is 1.98. The first-order valence-corrected chi connectivity index (χ1v) is 17.3. The largest absolute Gasteiger partial charge is 0.208 e. The van der Waals surface area contributed by atoms with E-state index in [1.165, 1.54) is 47.5 Å². The third kappa shape index (κ3) is 4.68. The zero-order chi connectivity index (χ0) is 32.3. The number of nitrogens with zero attached hydrogens (tertiary/aromatic N) is 3. The molecule has 0 unspecified atom stereocenters. The number of benzene rings is 8. The molecule has 10 rings (SSSR count). The summed E-state index contributed by atoms with van der Waals surface area (Å²) < 4.78 is 2.50. The Labute approximate surface area is 286 Å². The molecule has 0 amide bonds. The molecule has 0 saturated heterocycles. The molecular weight excluding hydrogens is 615 g/mol. The molecule has 0 atom stereocenters. The predicted molar refractivity (Wildman–Crippen MR) is 207 cm³/mol. The molecule has 0 aliphatic rings. The maximum absolute atomic E-state index is 5.23. The molecule has 4 heteroatoms. The van der Waals surface area contributed by atoms with Gasteiger partial charge >= 0.3 is 0 Å². The van der Waals surface area contributed by atoms with E-state index < -0.39 is 0 Å². The van der Waals surface area contributed by atoms with E-state index in [1.807, 2.05) is 11.3 Å². The van der Waals surface area contributed by atoms with Crippen molar-refractivity contribution >= 4 is 63.8 Å². The van der Waals surface area contributed by atoms with E-state index in [9.17, 15) is 0 Å². The van der Waals surface area contributed by atoms with Gasteiger partial charge < -0.3 is 0 Å². The summed E-state index contributed by atoms with van der Waals surface area (Å²) in [4.78, 5) is 15.6. The van der Waals surface area contributed by atoms with E-state index in [2.05, 4.69) is 164 Å². The van der Waals surface area contributed by atoms with Gasteiger partial charge in [0.1, 0.15) is 0 Å². The van der Waals surface area contributed by atoms with E-state index in [4.69, 9.17) is 15.0 Å². The van der Waals surface area contributed by atoms with Gasteiger partial charge in [-0.1, -0.05) is 146 Å². The van der Waals surface area contributed by atoms with Crippen molar-refractivity contribution < 1.29 is 0 Å². The molecule has 8 aromatic carbocycles. The van der Waals surface area contributed by atoms with E-state index in [1.54, 1.807) is 0 Å². The number of hydrogen-bond acceptors (Lipinski definition) is 4. The molecule has 0 radical (unpaired) electrons. The maximum Gasteiger partial charge on any atom is 0.164 e. The van der Waals surface area contributed by atoms with Crippen LogP contribution in [0.4, 0.5) is 0 Å². The van der Waals surface area contributed by atoms with Gasteiger partial charge in [-0.3, -0.25) is 0 Å². The van der Waals surface area contributed by atoms with Gasteiger partial charge in [-0.05, 0) is 61.6 Å². The van der Waals surface area contributed by atoms with Crippen LogP contribution in [0.25, 0.3) is 97.8 Å². The molecule has 0 N–H and O–H groups in total. The minimum Gasteiger partial charge on any atom is -0.208 e. The lowest BCUT2D eigenvalue weighted by atomic mass is 9.97. The van der Waals surface area contributed by atoms with Crippen molar-refractivity contribution in [3.8, 4) is 45.3 Å². The van der Waals surface area contributed by atoms with Crippen LogP contribution in [0.3, 0.4) is 0 Å². The fraction of sp³-hybridized carbons (Fsp3) is 0. The van der Waals surface area contributed by atoms with Gasteiger partial charge in [0.25, 0.3) is 0 Å². The molecule has 3 nitrogen and oxygen atoms in total. The minimum atomic E-state index is 0.658. The summed E-state index contributed by atoms with van der Waals surface area (Å²) in [6.07, 6.45) is 0. The quantitative estimate of drug-likeness (QED) is 0.192. The molecule has 0 saturated carbocycles. The summed E-state index contributed by atoms with van der Waals surface area (Å²) >= 11 is 1.84. The maximum atomic E-state index is 5.23. The van der Waals surface area contributed by atoms with Crippen LogP contribution >= 0.6 is 11.3 Å². The first-order chi connectivity index (χ1) is 24.3. The molecule has 0 aliphatic heterocycles. The molecule has 0 bridgehead atoms. The fourth-order valence-electron chi connectivity index (χ4n) is 7.10. The Bertz CT molecular complexity index is 2790. The van der Waals surface area contributed by atoms with E-state index in [0.29, 0.717) is 17.5 Å². The topological polar surface area (TPSA) is 38.7 Å². The molecule has 0 fully saturated rings. The normalized spacial score (nSPS) is 11.7. The summed E-state index contributed by atoms with van der Waals surface area (Å²) in [6, 6.07) is 58.0. The van der Waals surface area contributed by atoms with Gasteiger partial charge in [0, 0.05) is 36.9 Å². The lowest BCUT2D eigenvalue weighted by Gasteiger charge is -2.12. The first kappa shape index (κ1) is 27.8. The van der Waals surface area contributed by atoms with Crippen molar-refractivity contribution in [3.05, 3.63) is 164 Å². The highest BCUT2D eigenvalue weighted by atomic mass is 32.1. The van der Waals surface area contributed by atoms with Gasteiger partial charge in [-0.2, -0.15) is 0 Å². The van der Waals surface area contributed by atoms with Crippen LogP contribution in [0.1, 0.15) is 0 Å². The van der Waals surface area contributed by atoms with Crippen LogP contribution in [0.5, 0.6) is 0 Å². The Morgan fingerprint density at radius 3 is 1.57 bits per heavy atom. The van der Waals surface area contributed by atoms with Crippen molar-refractivity contribution in [2.75, 3.05) is 0 Å². The minimum absolute atomic E-state index is 0.658. The molecule has 10 aromatic rings. The second-order valence-corrected chi connectivity index (χ2v) is 13.5. The monoisotopic (exact) mass is 641 g/mol. The zero-order valence-electron chi connectivity index (χ0n) is 26.3. The molecule has 49 heavy (non-hydrogen) atoms. The number of fused-ring (bicyclic) bond motifs is 7. The van der Waals surface area contributed by atoms with Crippen LogP contribution in [0.15, 0.2) is 164 Å². The molecular formula is C45H27N3S. The summed E-state index contributed by atoms with van der Waals surface area (Å²) in [5, 5.41) is 9.55.